The first kappa shape index (κ1) is 42.3. The molecule has 2 saturated carbocycles. The van der Waals surface area contributed by atoms with Crippen molar-refractivity contribution in [3.63, 3.8) is 0 Å². The highest BCUT2D eigenvalue weighted by Crippen LogP contribution is 2.44. The lowest BCUT2D eigenvalue weighted by molar-refractivity contribution is 0.0950. The smallest absolute Gasteiger partial charge is 0.251 e. The Kier molecular flexibility index (Phi) is 18.3. The van der Waals surface area contributed by atoms with E-state index in [4.69, 9.17) is 15.5 Å². The van der Waals surface area contributed by atoms with Crippen LogP contribution in [0.2, 0.25) is 0 Å². The van der Waals surface area contributed by atoms with Gasteiger partial charge >= 0.3 is 0 Å². The summed E-state index contributed by atoms with van der Waals surface area (Å²) in [5.41, 5.74) is 19.3. The number of pyridine rings is 2. The molecule has 1 amide bonds. The maximum atomic E-state index is 13.1. The number of aliphatic imine (C=N–C) groups is 1. The zero-order chi connectivity index (χ0) is 37.9. The average Bonchev–Trinajstić information content (AvgIpc) is 4.08. The van der Waals surface area contributed by atoms with Gasteiger partial charge in [0.2, 0.25) is 0 Å². The molecule has 2 fully saturated rings. The molecule has 2 aliphatic carbocycles. The number of nitrogens with two attached hydrogens (primary N) is 2. The summed E-state index contributed by atoms with van der Waals surface area (Å²) in [6.07, 6.45) is 19.3. The maximum absolute atomic E-state index is 13.1. The normalized spacial score (nSPS) is 15.9. The van der Waals surface area contributed by atoms with Crippen molar-refractivity contribution >= 4 is 23.9 Å². The lowest BCUT2D eigenvalue weighted by atomic mass is 9.94. The van der Waals surface area contributed by atoms with Gasteiger partial charge in [-0.2, -0.15) is 0 Å². The van der Waals surface area contributed by atoms with E-state index in [-0.39, 0.29) is 11.8 Å². The van der Waals surface area contributed by atoms with E-state index in [1.807, 2.05) is 58.3 Å². The molecule has 0 bridgehead atoms. The number of nitrogens with one attached hydrogen (secondary N) is 1. The average molecular weight is 693 g/mol. The lowest BCUT2D eigenvalue weighted by Gasteiger charge is -2.19. The summed E-state index contributed by atoms with van der Waals surface area (Å²) in [5.74, 6) is 2.05. The second-order valence-corrected chi connectivity index (χ2v) is 12.8. The summed E-state index contributed by atoms with van der Waals surface area (Å²) in [6, 6.07) is 12.1. The first-order valence-electron chi connectivity index (χ1n) is 18.3. The van der Waals surface area contributed by atoms with Crippen molar-refractivity contribution in [1.29, 1.82) is 0 Å². The van der Waals surface area contributed by atoms with Crippen LogP contribution in [0.4, 0.5) is 5.69 Å². The Balaban J connectivity index is 0.000000396. The highest BCUT2D eigenvalue weighted by atomic mass is 16.5. The molecular formula is C43H60N6O2. The zero-order valence-corrected chi connectivity index (χ0v) is 32.0. The Morgan fingerprint density at radius 2 is 1.84 bits per heavy atom. The van der Waals surface area contributed by atoms with E-state index in [9.17, 15) is 4.79 Å². The van der Waals surface area contributed by atoms with Gasteiger partial charge in [0.15, 0.2) is 0 Å². The first-order chi connectivity index (χ1) is 24.7. The Morgan fingerprint density at radius 1 is 1.16 bits per heavy atom. The highest BCUT2D eigenvalue weighted by Gasteiger charge is 2.35. The van der Waals surface area contributed by atoms with Crippen molar-refractivity contribution in [3.8, 4) is 18.2 Å². The number of anilines is 1. The van der Waals surface area contributed by atoms with Crippen LogP contribution in [0.3, 0.4) is 0 Å². The monoisotopic (exact) mass is 692 g/mol. The number of nitrogen functional groups attached to an aromatic ring is 1. The summed E-state index contributed by atoms with van der Waals surface area (Å²) in [5, 5.41) is 3.17. The van der Waals surface area contributed by atoms with E-state index in [1.165, 1.54) is 30.4 Å². The first-order valence-corrected chi connectivity index (χ1v) is 18.3. The van der Waals surface area contributed by atoms with Crippen molar-refractivity contribution in [3.05, 3.63) is 101 Å². The minimum Gasteiger partial charge on any atom is -0.491 e. The number of unbranched alkanes of at least 4 members (excludes halogenated alkanes) is 1. The van der Waals surface area contributed by atoms with Gasteiger partial charge in [-0.3, -0.25) is 19.8 Å². The zero-order valence-electron chi connectivity index (χ0n) is 32.0. The number of amides is 1. The number of carbonyl (C=O) groups excluding carboxylic acids is 1. The Bertz CT molecular complexity index is 1650. The third-order valence-electron chi connectivity index (χ3n) is 8.69. The predicted octanol–water partition coefficient (Wildman–Crippen LogP) is 8.85. The van der Waals surface area contributed by atoms with E-state index >= 15 is 0 Å². The third kappa shape index (κ3) is 13.1. The number of ether oxygens (including phenoxy) is 1. The molecule has 2 unspecified atom stereocenters. The number of aryl methyl sites for hydroxylation is 3. The standard InChI is InChI=1S/C26H32N4O2.C11H15N.C2H3N.C2H6.C2H4/c1-14-8-18(9-19(24(14)27)11-28-20-6-7-20)26(31)29-12-22(17-4-5-17)23-10-21-15(2)13-32-25(21)16(3)30-23;1-3-4-5-8-11-10(2)7-6-9-12-11;1-2-3;2*1-2/h8-11,15,17,20,22H,4-7,12-13,27H2,1-3H3,(H,29,31);5-9H,3-4H2,1-2H3;1H,3H2;1-2H3;1-2H2/b;8-5-;;;. The van der Waals surface area contributed by atoms with Crippen LogP contribution in [0.5, 0.6) is 5.75 Å². The molecule has 0 spiro atoms. The van der Waals surface area contributed by atoms with Gasteiger partial charge in [0.25, 0.3) is 5.91 Å². The van der Waals surface area contributed by atoms with Crippen molar-refractivity contribution < 1.29 is 9.53 Å². The van der Waals surface area contributed by atoms with Crippen LogP contribution < -0.4 is 21.5 Å². The molecule has 6 rings (SSSR count). The van der Waals surface area contributed by atoms with Gasteiger partial charge in [-0.05, 0) is 106 Å². The van der Waals surface area contributed by atoms with Crippen molar-refractivity contribution in [2.75, 3.05) is 18.9 Å². The second kappa shape index (κ2) is 22.0. The molecule has 1 aromatic carbocycles. The Labute approximate surface area is 307 Å². The second-order valence-electron chi connectivity index (χ2n) is 12.8. The Morgan fingerprint density at radius 3 is 2.45 bits per heavy atom. The molecular weight excluding hydrogens is 633 g/mol. The van der Waals surface area contributed by atoms with E-state index < -0.39 is 0 Å². The number of aromatic nitrogens is 2. The largest absolute Gasteiger partial charge is 0.491 e. The molecule has 5 N–H and O–H groups in total. The van der Waals surface area contributed by atoms with Gasteiger partial charge in [-0.1, -0.05) is 52.7 Å². The van der Waals surface area contributed by atoms with Crippen LogP contribution in [0.15, 0.2) is 60.8 Å². The quantitative estimate of drug-likeness (QED) is 0.0640. The van der Waals surface area contributed by atoms with Crippen LogP contribution in [-0.2, 0) is 0 Å². The van der Waals surface area contributed by atoms with Gasteiger partial charge in [0.05, 0.1) is 24.0 Å². The molecule has 3 aromatic rings. The molecule has 3 aliphatic rings. The van der Waals surface area contributed by atoms with E-state index in [2.05, 4.69) is 85.7 Å². The number of hydrogen-bond donors (Lipinski definition) is 3. The molecule has 8 nitrogen and oxygen atoms in total. The molecule has 3 heterocycles. The fourth-order valence-corrected chi connectivity index (χ4v) is 5.58. The SMILES string of the molecule is C#CN.C=C.CC.CCC/C=C\c1ncccc1C.Cc1cc(C(=O)NCC(c2cc3c(c(C)n2)OCC3C)C2CC2)cc(C=NC2CC2)c1N. The third-order valence-corrected chi connectivity index (χ3v) is 8.69. The predicted molar refractivity (Wildman–Crippen MR) is 215 cm³/mol. The van der Waals surface area contributed by atoms with E-state index in [1.54, 1.807) is 6.04 Å². The molecule has 2 aromatic heterocycles. The van der Waals surface area contributed by atoms with Crippen LogP contribution in [-0.4, -0.2) is 41.3 Å². The molecule has 51 heavy (non-hydrogen) atoms. The summed E-state index contributed by atoms with van der Waals surface area (Å²) in [4.78, 5) is 26.7. The van der Waals surface area contributed by atoms with Crippen molar-refractivity contribution in [2.45, 2.75) is 105 Å². The number of benzene rings is 1. The molecule has 2 atom stereocenters. The number of allylic oxidation sites excluding steroid dienone is 1. The van der Waals surface area contributed by atoms with Crippen LogP contribution in [0, 0.1) is 39.2 Å². The van der Waals surface area contributed by atoms with Gasteiger partial charge in [0.1, 0.15) is 5.75 Å². The number of rotatable bonds is 10. The van der Waals surface area contributed by atoms with Crippen LogP contribution in [0.1, 0.15) is 128 Å². The maximum Gasteiger partial charge on any atom is 0.251 e. The molecule has 1 aliphatic heterocycles. The number of carbonyl (C=O) groups is 1. The van der Waals surface area contributed by atoms with Crippen molar-refractivity contribution in [2.24, 2.45) is 16.6 Å². The minimum atomic E-state index is -0.0746. The summed E-state index contributed by atoms with van der Waals surface area (Å²) < 4.78 is 5.83. The highest BCUT2D eigenvalue weighted by molar-refractivity contribution is 5.98. The van der Waals surface area contributed by atoms with E-state index in [0.717, 1.165) is 59.8 Å². The number of nitrogens with zero attached hydrogens (tertiary/aromatic N) is 3. The van der Waals surface area contributed by atoms with Crippen LogP contribution in [0.25, 0.3) is 6.08 Å². The fourth-order valence-electron chi connectivity index (χ4n) is 5.58. The lowest BCUT2D eigenvalue weighted by Crippen LogP contribution is -2.30. The van der Waals surface area contributed by atoms with Crippen molar-refractivity contribution in [1.82, 2.24) is 15.3 Å². The summed E-state index contributed by atoms with van der Waals surface area (Å²) >= 11 is 0. The summed E-state index contributed by atoms with van der Waals surface area (Å²) in [6.45, 7) is 21.7. The Hall–Kier alpha value is -4.90. The topological polar surface area (TPSA) is 129 Å². The molecule has 0 saturated heterocycles. The summed E-state index contributed by atoms with van der Waals surface area (Å²) in [7, 11) is 0. The van der Waals surface area contributed by atoms with E-state index in [0.29, 0.717) is 35.7 Å². The van der Waals surface area contributed by atoms with Gasteiger partial charge in [-0.15, -0.1) is 13.2 Å². The van der Waals surface area contributed by atoms with Gasteiger partial charge in [0, 0.05) is 58.9 Å². The van der Waals surface area contributed by atoms with Gasteiger partial charge < -0.3 is 21.5 Å². The number of fused-ring (bicyclic) bond motifs is 1. The molecule has 274 valence electrons. The van der Waals surface area contributed by atoms with Crippen LogP contribution >= 0.6 is 0 Å². The fraction of sp³-hybridized carbons (Fsp3) is 0.442. The number of hydrogen-bond acceptors (Lipinski definition) is 7. The minimum absolute atomic E-state index is 0.0746. The number of terminal acetylenes is 1. The molecule has 8 heteroatoms. The molecule has 0 radical (unpaired) electrons. The van der Waals surface area contributed by atoms with Gasteiger partial charge in [-0.25, -0.2) is 0 Å².